The molecule has 0 unspecified atom stereocenters. The molecule has 122 valence electrons. The molecule has 0 radical (unpaired) electrons. The van der Waals surface area contributed by atoms with E-state index in [2.05, 4.69) is 14.9 Å². The minimum Gasteiger partial charge on any atom is -0.472 e. The SMILES string of the molecule is Fc1ccc(-c2ncnc3c2CCN(Cc2ccoc2)CC3)cc1. The van der Waals surface area contributed by atoms with Crippen molar-refractivity contribution in [1.82, 2.24) is 14.9 Å². The van der Waals surface area contributed by atoms with Crippen molar-refractivity contribution in [3.05, 3.63) is 71.8 Å². The van der Waals surface area contributed by atoms with Gasteiger partial charge in [0, 0.05) is 48.4 Å². The van der Waals surface area contributed by atoms with E-state index in [9.17, 15) is 4.39 Å². The highest BCUT2D eigenvalue weighted by Crippen LogP contribution is 2.26. The fourth-order valence-corrected chi connectivity index (χ4v) is 3.23. The molecule has 0 spiro atoms. The maximum absolute atomic E-state index is 13.2. The van der Waals surface area contributed by atoms with Crippen molar-refractivity contribution < 1.29 is 8.81 Å². The number of rotatable bonds is 3. The summed E-state index contributed by atoms with van der Waals surface area (Å²) in [6.45, 7) is 2.78. The largest absolute Gasteiger partial charge is 0.472 e. The van der Waals surface area contributed by atoms with Crippen LogP contribution >= 0.6 is 0 Å². The highest BCUT2D eigenvalue weighted by Gasteiger charge is 2.19. The van der Waals surface area contributed by atoms with Gasteiger partial charge < -0.3 is 4.42 Å². The molecule has 0 N–H and O–H groups in total. The Hall–Kier alpha value is -2.53. The lowest BCUT2D eigenvalue weighted by Crippen LogP contribution is -2.25. The maximum Gasteiger partial charge on any atom is 0.123 e. The summed E-state index contributed by atoms with van der Waals surface area (Å²) >= 11 is 0. The van der Waals surface area contributed by atoms with E-state index in [0.717, 1.165) is 49.4 Å². The number of hydrogen-bond donors (Lipinski definition) is 0. The summed E-state index contributed by atoms with van der Waals surface area (Å²) in [5, 5.41) is 0. The van der Waals surface area contributed by atoms with Crippen LogP contribution in [0.3, 0.4) is 0 Å². The van der Waals surface area contributed by atoms with Gasteiger partial charge in [-0.2, -0.15) is 0 Å². The molecule has 3 heterocycles. The highest BCUT2D eigenvalue weighted by atomic mass is 19.1. The highest BCUT2D eigenvalue weighted by molar-refractivity contribution is 5.63. The quantitative estimate of drug-likeness (QED) is 0.740. The summed E-state index contributed by atoms with van der Waals surface area (Å²) in [4.78, 5) is 11.4. The maximum atomic E-state index is 13.2. The van der Waals surface area contributed by atoms with Crippen LogP contribution in [0.1, 0.15) is 16.8 Å². The van der Waals surface area contributed by atoms with Gasteiger partial charge in [0.2, 0.25) is 0 Å². The van der Waals surface area contributed by atoms with Gasteiger partial charge in [0.15, 0.2) is 0 Å². The number of halogens is 1. The van der Waals surface area contributed by atoms with Crippen LogP contribution in [0, 0.1) is 5.82 Å². The summed E-state index contributed by atoms with van der Waals surface area (Å²) in [6.07, 6.45) is 6.90. The number of furan rings is 1. The van der Waals surface area contributed by atoms with E-state index in [-0.39, 0.29) is 5.82 Å². The predicted octanol–water partition coefficient (Wildman–Crippen LogP) is 3.48. The Bertz CT molecular complexity index is 815. The smallest absolute Gasteiger partial charge is 0.123 e. The fourth-order valence-electron chi connectivity index (χ4n) is 3.23. The minimum atomic E-state index is -0.231. The lowest BCUT2D eigenvalue weighted by molar-refractivity contribution is 0.278. The molecule has 4 rings (SSSR count). The van der Waals surface area contributed by atoms with Gasteiger partial charge in [-0.15, -0.1) is 0 Å². The standard InChI is InChI=1S/C19H18FN3O/c20-16-3-1-15(2-4-16)19-17-5-8-23(11-14-7-10-24-12-14)9-6-18(17)21-13-22-19/h1-4,7,10,12-13H,5-6,8-9,11H2. The molecular formula is C19H18FN3O. The zero-order valence-corrected chi connectivity index (χ0v) is 13.3. The van der Waals surface area contributed by atoms with E-state index < -0.39 is 0 Å². The molecule has 0 saturated heterocycles. The second kappa shape index (κ2) is 6.53. The number of benzene rings is 1. The van der Waals surface area contributed by atoms with Crippen molar-refractivity contribution in [3.63, 3.8) is 0 Å². The molecule has 0 amide bonds. The Morgan fingerprint density at radius 2 is 1.88 bits per heavy atom. The first-order valence-corrected chi connectivity index (χ1v) is 8.12. The van der Waals surface area contributed by atoms with Gasteiger partial charge >= 0.3 is 0 Å². The average Bonchev–Trinajstić information content (AvgIpc) is 3.02. The van der Waals surface area contributed by atoms with E-state index in [1.807, 2.05) is 6.07 Å². The van der Waals surface area contributed by atoms with E-state index >= 15 is 0 Å². The predicted molar refractivity (Wildman–Crippen MR) is 88.8 cm³/mol. The third-order valence-corrected chi connectivity index (χ3v) is 4.48. The Kier molecular flexibility index (Phi) is 4.09. The van der Waals surface area contributed by atoms with Crippen molar-refractivity contribution in [3.8, 4) is 11.3 Å². The summed E-state index contributed by atoms with van der Waals surface area (Å²) in [5.41, 5.74) is 5.33. The lowest BCUT2D eigenvalue weighted by Gasteiger charge is -2.18. The van der Waals surface area contributed by atoms with Crippen LogP contribution in [0.4, 0.5) is 4.39 Å². The first kappa shape index (κ1) is 15.0. The van der Waals surface area contributed by atoms with Crippen LogP contribution < -0.4 is 0 Å². The van der Waals surface area contributed by atoms with Crippen LogP contribution in [0.15, 0.2) is 53.6 Å². The van der Waals surface area contributed by atoms with Crippen LogP contribution in [0.5, 0.6) is 0 Å². The van der Waals surface area contributed by atoms with E-state index in [1.165, 1.54) is 23.3 Å². The van der Waals surface area contributed by atoms with Gasteiger partial charge in [0.05, 0.1) is 18.2 Å². The second-order valence-electron chi connectivity index (χ2n) is 6.06. The van der Waals surface area contributed by atoms with Crippen molar-refractivity contribution in [1.29, 1.82) is 0 Å². The number of hydrogen-bond acceptors (Lipinski definition) is 4. The molecule has 24 heavy (non-hydrogen) atoms. The molecule has 4 nitrogen and oxygen atoms in total. The molecule has 0 bridgehead atoms. The Balaban J connectivity index is 1.59. The van der Waals surface area contributed by atoms with Crippen molar-refractivity contribution in [2.24, 2.45) is 0 Å². The van der Waals surface area contributed by atoms with Gasteiger partial charge in [0.1, 0.15) is 12.1 Å². The topological polar surface area (TPSA) is 42.2 Å². The Morgan fingerprint density at radius 3 is 2.67 bits per heavy atom. The van der Waals surface area contributed by atoms with Gasteiger partial charge in [0.25, 0.3) is 0 Å². The van der Waals surface area contributed by atoms with Gasteiger partial charge in [-0.1, -0.05) is 0 Å². The third kappa shape index (κ3) is 3.08. The molecule has 0 aliphatic carbocycles. The number of aromatic nitrogens is 2. The zero-order valence-electron chi connectivity index (χ0n) is 13.3. The fraction of sp³-hybridized carbons (Fsp3) is 0.263. The summed E-state index contributed by atoms with van der Waals surface area (Å²) in [5.74, 6) is -0.231. The molecular weight excluding hydrogens is 305 g/mol. The van der Waals surface area contributed by atoms with E-state index in [0.29, 0.717) is 0 Å². The zero-order chi connectivity index (χ0) is 16.4. The summed E-state index contributed by atoms with van der Waals surface area (Å²) in [7, 11) is 0. The first-order valence-electron chi connectivity index (χ1n) is 8.12. The normalized spacial score (nSPS) is 15.0. The van der Waals surface area contributed by atoms with Crippen LogP contribution in [-0.2, 0) is 19.4 Å². The van der Waals surface area contributed by atoms with Gasteiger partial charge in [-0.05, 0) is 36.8 Å². The summed E-state index contributed by atoms with van der Waals surface area (Å²) in [6, 6.07) is 8.53. The number of fused-ring (bicyclic) bond motifs is 1. The second-order valence-corrected chi connectivity index (χ2v) is 6.06. The molecule has 1 aliphatic heterocycles. The van der Waals surface area contributed by atoms with Crippen LogP contribution in [0.2, 0.25) is 0 Å². The van der Waals surface area contributed by atoms with Crippen molar-refractivity contribution in [2.45, 2.75) is 19.4 Å². The molecule has 1 aliphatic rings. The lowest BCUT2D eigenvalue weighted by atomic mass is 10.0. The third-order valence-electron chi connectivity index (χ3n) is 4.48. The van der Waals surface area contributed by atoms with Gasteiger partial charge in [-0.25, -0.2) is 14.4 Å². The van der Waals surface area contributed by atoms with Crippen molar-refractivity contribution >= 4 is 0 Å². The molecule has 5 heteroatoms. The molecule has 1 aromatic carbocycles. The van der Waals surface area contributed by atoms with E-state index in [4.69, 9.17) is 4.42 Å². The number of nitrogens with zero attached hydrogens (tertiary/aromatic N) is 3. The Morgan fingerprint density at radius 1 is 1.04 bits per heavy atom. The van der Waals surface area contributed by atoms with Crippen molar-refractivity contribution in [2.75, 3.05) is 13.1 Å². The van der Waals surface area contributed by atoms with Crippen LogP contribution in [-0.4, -0.2) is 28.0 Å². The summed E-state index contributed by atoms with van der Waals surface area (Å²) < 4.78 is 18.3. The minimum absolute atomic E-state index is 0.231. The monoisotopic (exact) mass is 323 g/mol. The first-order chi connectivity index (χ1) is 11.8. The molecule has 0 atom stereocenters. The molecule has 3 aromatic rings. The van der Waals surface area contributed by atoms with E-state index in [1.54, 1.807) is 31.0 Å². The van der Waals surface area contributed by atoms with Gasteiger partial charge in [-0.3, -0.25) is 4.90 Å². The molecule has 0 fully saturated rings. The molecule has 2 aromatic heterocycles. The molecule has 0 saturated carbocycles. The average molecular weight is 323 g/mol. The van der Waals surface area contributed by atoms with Crippen LogP contribution in [0.25, 0.3) is 11.3 Å². The Labute approximate surface area is 140 Å².